The molecule has 166 valence electrons. The topological polar surface area (TPSA) is 51.7 Å². The van der Waals surface area contributed by atoms with Gasteiger partial charge in [-0.3, -0.25) is 9.78 Å². The van der Waals surface area contributed by atoms with E-state index in [1.165, 1.54) is 12.1 Å². The highest BCUT2D eigenvalue weighted by Gasteiger charge is 2.28. The summed E-state index contributed by atoms with van der Waals surface area (Å²) < 4.78 is 24.1. The van der Waals surface area contributed by atoms with Gasteiger partial charge in [0.05, 0.1) is 19.8 Å². The van der Waals surface area contributed by atoms with E-state index in [0.717, 1.165) is 35.4 Å². The summed E-state index contributed by atoms with van der Waals surface area (Å²) in [6, 6.07) is 15.8. The minimum atomic E-state index is -0.255. The molecule has 1 aromatic heterocycles. The average Bonchev–Trinajstić information content (AvgIpc) is 2.83. The predicted molar refractivity (Wildman–Crippen MR) is 122 cm³/mol. The first kappa shape index (κ1) is 21.8. The first-order valence-electron chi connectivity index (χ1n) is 10.7. The van der Waals surface area contributed by atoms with Crippen molar-refractivity contribution in [2.45, 2.75) is 25.7 Å². The van der Waals surface area contributed by atoms with Gasteiger partial charge in [0.1, 0.15) is 17.3 Å². The molecule has 1 aliphatic heterocycles. The highest BCUT2D eigenvalue weighted by Crippen LogP contribution is 2.32. The van der Waals surface area contributed by atoms with Crippen molar-refractivity contribution >= 4 is 5.91 Å². The van der Waals surface area contributed by atoms with E-state index < -0.39 is 0 Å². The number of halogens is 1. The second kappa shape index (κ2) is 9.39. The number of aromatic nitrogens is 1. The monoisotopic (exact) mass is 434 g/mol. The van der Waals surface area contributed by atoms with E-state index in [2.05, 4.69) is 6.07 Å². The summed E-state index contributed by atoms with van der Waals surface area (Å²) in [6.45, 7) is 3.23. The normalized spacial score (nSPS) is 16.0. The summed E-state index contributed by atoms with van der Waals surface area (Å²) in [5, 5.41) is 0. The molecule has 0 bridgehead atoms. The molecule has 3 aromatic rings. The zero-order valence-corrected chi connectivity index (χ0v) is 18.6. The highest BCUT2D eigenvalue weighted by molar-refractivity contribution is 5.97. The van der Waals surface area contributed by atoms with Crippen LogP contribution < -0.4 is 9.47 Å². The SMILES string of the molecule is COc1ccc(OC)c(C(=O)N2CCCC(c3cc(-c4ccc(F)cc4)cc(C)n3)C2)c1. The Morgan fingerprint density at radius 3 is 2.53 bits per heavy atom. The molecule has 1 unspecified atom stereocenters. The molecule has 0 N–H and O–H groups in total. The van der Waals surface area contributed by atoms with Crippen LogP contribution in [0, 0.1) is 12.7 Å². The minimum absolute atomic E-state index is 0.0724. The van der Waals surface area contributed by atoms with Gasteiger partial charge in [0.15, 0.2) is 0 Å². The number of nitrogens with zero attached hydrogens (tertiary/aromatic N) is 2. The standard InChI is InChI=1S/C26H27FN2O3/c1-17-13-20(18-6-8-21(27)9-7-18)14-24(28-17)19-5-4-12-29(16-19)26(30)23-15-22(31-2)10-11-25(23)32-3/h6-11,13-15,19H,4-5,12,16H2,1-3H3. The zero-order chi connectivity index (χ0) is 22.7. The van der Waals surface area contributed by atoms with Gasteiger partial charge in [0.2, 0.25) is 0 Å². The number of hydrogen-bond acceptors (Lipinski definition) is 4. The summed E-state index contributed by atoms with van der Waals surface area (Å²) in [4.78, 5) is 20.0. The van der Waals surface area contributed by atoms with Crippen LogP contribution in [0.15, 0.2) is 54.6 Å². The number of piperidine rings is 1. The molecule has 2 heterocycles. The van der Waals surface area contributed by atoms with Crippen molar-refractivity contribution in [2.24, 2.45) is 0 Å². The van der Waals surface area contributed by atoms with Crippen molar-refractivity contribution in [1.29, 1.82) is 0 Å². The number of carbonyl (C=O) groups excluding carboxylic acids is 1. The van der Waals surface area contributed by atoms with E-state index in [-0.39, 0.29) is 17.6 Å². The lowest BCUT2D eigenvalue weighted by molar-refractivity contribution is 0.0702. The Hall–Kier alpha value is -3.41. The van der Waals surface area contributed by atoms with Crippen LogP contribution in [0.1, 0.15) is 40.5 Å². The number of hydrogen-bond donors (Lipinski definition) is 0. The Bertz CT molecular complexity index is 1110. The van der Waals surface area contributed by atoms with Crippen molar-refractivity contribution in [2.75, 3.05) is 27.3 Å². The number of likely N-dealkylation sites (tertiary alicyclic amines) is 1. The number of aryl methyl sites for hydroxylation is 1. The second-order valence-electron chi connectivity index (χ2n) is 8.09. The minimum Gasteiger partial charge on any atom is -0.497 e. The van der Waals surface area contributed by atoms with Gasteiger partial charge in [-0.2, -0.15) is 0 Å². The molecule has 6 heteroatoms. The van der Waals surface area contributed by atoms with Gasteiger partial charge in [-0.05, 0) is 73.4 Å². The Kier molecular flexibility index (Phi) is 6.40. The van der Waals surface area contributed by atoms with Gasteiger partial charge < -0.3 is 14.4 Å². The Labute approximate surface area is 187 Å². The van der Waals surface area contributed by atoms with E-state index >= 15 is 0 Å². The summed E-state index contributed by atoms with van der Waals surface area (Å²) in [5.74, 6) is 0.951. The first-order valence-corrected chi connectivity index (χ1v) is 10.7. The molecule has 1 amide bonds. The van der Waals surface area contributed by atoms with Crippen molar-refractivity contribution in [3.8, 4) is 22.6 Å². The van der Waals surface area contributed by atoms with Crippen LogP contribution in [0.25, 0.3) is 11.1 Å². The maximum Gasteiger partial charge on any atom is 0.257 e. The third-order valence-corrected chi connectivity index (χ3v) is 5.91. The van der Waals surface area contributed by atoms with Crippen LogP contribution in [-0.4, -0.2) is 43.1 Å². The van der Waals surface area contributed by atoms with E-state index in [0.29, 0.717) is 30.2 Å². The van der Waals surface area contributed by atoms with Crippen LogP contribution >= 0.6 is 0 Å². The number of carbonyl (C=O) groups is 1. The van der Waals surface area contributed by atoms with Crippen LogP contribution in [0.2, 0.25) is 0 Å². The van der Waals surface area contributed by atoms with Crippen LogP contribution in [-0.2, 0) is 0 Å². The molecular weight excluding hydrogens is 407 g/mol. The Morgan fingerprint density at radius 2 is 1.81 bits per heavy atom. The van der Waals surface area contributed by atoms with E-state index in [4.69, 9.17) is 14.5 Å². The molecule has 0 aliphatic carbocycles. The fourth-order valence-electron chi connectivity index (χ4n) is 4.27. The van der Waals surface area contributed by atoms with Crippen molar-refractivity contribution in [1.82, 2.24) is 9.88 Å². The lowest BCUT2D eigenvalue weighted by Crippen LogP contribution is -2.39. The van der Waals surface area contributed by atoms with Gasteiger partial charge in [-0.1, -0.05) is 12.1 Å². The number of benzene rings is 2. The molecule has 0 saturated carbocycles. The van der Waals surface area contributed by atoms with Gasteiger partial charge in [-0.15, -0.1) is 0 Å². The van der Waals surface area contributed by atoms with Crippen molar-refractivity contribution in [3.63, 3.8) is 0 Å². The zero-order valence-electron chi connectivity index (χ0n) is 18.6. The van der Waals surface area contributed by atoms with Crippen molar-refractivity contribution in [3.05, 3.63) is 77.4 Å². The van der Waals surface area contributed by atoms with Gasteiger partial charge >= 0.3 is 0 Å². The molecule has 0 spiro atoms. The summed E-state index contributed by atoms with van der Waals surface area (Å²) in [5.41, 5.74) is 4.31. The Morgan fingerprint density at radius 1 is 1.03 bits per heavy atom. The molecule has 1 aliphatic rings. The summed E-state index contributed by atoms with van der Waals surface area (Å²) in [6.07, 6.45) is 1.85. The smallest absolute Gasteiger partial charge is 0.257 e. The van der Waals surface area contributed by atoms with Gasteiger partial charge in [0, 0.05) is 30.4 Å². The summed E-state index contributed by atoms with van der Waals surface area (Å²) in [7, 11) is 3.14. The first-order chi connectivity index (χ1) is 15.5. The van der Waals surface area contributed by atoms with E-state index in [1.54, 1.807) is 44.6 Å². The summed E-state index contributed by atoms with van der Waals surface area (Å²) >= 11 is 0. The number of amides is 1. The van der Waals surface area contributed by atoms with Crippen LogP contribution in [0.3, 0.4) is 0 Å². The number of pyridine rings is 1. The Balaban J connectivity index is 1.60. The second-order valence-corrected chi connectivity index (χ2v) is 8.09. The molecule has 2 aromatic carbocycles. The van der Waals surface area contributed by atoms with Gasteiger partial charge in [-0.25, -0.2) is 4.39 Å². The maximum absolute atomic E-state index is 13.3. The molecule has 32 heavy (non-hydrogen) atoms. The molecular formula is C26H27FN2O3. The quantitative estimate of drug-likeness (QED) is 0.552. The van der Waals surface area contributed by atoms with Gasteiger partial charge in [0.25, 0.3) is 5.91 Å². The highest BCUT2D eigenvalue weighted by atomic mass is 19.1. The largest absolute Gasteiger partial charge is 0.497 e. The number of ether oxygens (including phenoxy) is 2. The predicted octanol–water partition coefficient (Wildman–Crippen LogP) is 5.23. The molecule has 1 fully saturated rings. The fraction of sp³-hybridized carbons (Fsp3) is 0.308. The molecule has 5 nitrogen and oxygen atoms in total. The fourth-order valence-corrected chi connectivity index (χ4v) is 4.27. The third-order valence-electron chi connectivity index (χ3n) is 5.91. The molecule has 4 rings (SSSR count). The van der Waals surface area contributed by atoms with Crippen LogP contribution in [0.5, 0.6) is 11.5 Å². The third kappa shape index (κ3) is 4.59. The average molecular weight is 435 g/mol. The number of methoxy groups -OCH3 is 2. The van der Waals surface area contributed by atoms with Crippen LogP contribution in [0.4, 0.5) is 4.39 Å². The lowest BCUT2D eigenvalue weighted by Gasteiger charge is -2.33. The van der Waals surface area contributed by atoms with E-state index in [9.17, 15) is 9.18 Å². The lowest BCUT2D eigenvalue weighted by atomic mass is 9.91. The number of rotatable bonds is 5. The molecule has 1 saturated heterocycles. The molecule has 0 radical (unpaired) electrons. The van der Waals surface area contributed by atoms with E-state index in [1.807, 2.05) is 17.9 Å². The maximum atomic E-state index is 13.3. The van der Waals surface area contributed by atoms with Crippen molar-refractivity contribution < 1.29 is 18.7 Å². The molecule has 1 atom stereocenters.